The Bertz CT molecular complexity index is 2600. The molecule has 8 bridgehead atoms. The molecule has 0 aliphatic carbocycles. The minimum Gasteiger partial charge on any atom is -0.506 e. The molecule has 68 heavy (non-hydrogen) atoms. The molecule has 4 N–H and O–H groups in total. The lowest BCUT2D eigenvalue weighted by Gasteiger charge is -2.27. The van der Waals surface area contributed by atoms with Gasteiger partial charge in [-0.25, -0.2) is 9.59 Å². The van der Waals surface area contributed by atoms with Crippen molar-refractivity contribution in [3.05, 3.63) is 142 Å². The number of hydrogen-bond donors (Lipinski definition) is 4. The van der Waals surface area contributed by atoms with Crippen LogP contribution < -0.4 is 9.47 Å². The van der Waals surface area contributed by atoms with Crippen LogP contribution in [0.3, 0.4) is 0 Å². The smallest absolute Gasteiger partial charge is 0.335 e. The van der Waals surface area contributed by atoms with Crippen LogP contribution in [0.5, 0.6) is 23.0 Å². The van der Waals surface area contributed by atoms with Crippen molar-refractivity contribution in [1.82, 2.24) is 0 Å². The van der Waals surface area contributed by atoms with Crippen LogP contribution in [-0.4, -0.2) is 32.4 Å². The molecule has 0 amide bonds. The predicted octanol–water partition coefficient (Wildman–Crippen LogP) is 15.8. The maximum atomic E-state index is 12.6. The minimum absolute atomic E-state index is 0.105. The van der Waals surface area contributed by atoms with E-state index in [0.29, 0.717) is 31.1 Å². The zero-order valence-electron chi connectivity index (χ0n) is 40.7. The van der Waals surface area contributed by atoms with Crippen molar-refractivity contribution in [2.45, 2.75) is 157 Å². The average molecular weight is 989 g/mol. The molecule has 0 saturated heterocycles. The van der Waals surface area contributed by atoms with Gasteiger partial charge in [0.1, 0.15) is 36.2 Å². The maximum absolute atomic E-state index is 12.6. The highest BCUT2D eigenvalue weighted by Crippen LogP contribution is 2.56. The van der Waals surface area contributed by atoms with Gasteiger partial charge in [0.25, 0.3) is 0 Å². The summed E-state index contributed by atoms with van der Waals surface area (Å²) in [5, 5.41) is 44.4. The number of fused-ring (bicyclic) bond motifs is 8. The molecule has 1 heterocycles. The quantitative estimate of drug-likeness (QED) is 0.115. The molecule has 0 aromatic heterocycles. The molecular formula is C56H60O8S4. The van der Waals surface area contributed by atoms with Gasteiger partial charge < -0.3 is 29.9 Å². The summed E-state index contributed by atoms with van der Waals surface area (Å²) in [4.78, 5) is 29.0. The van der Waals surface area contributed by atoms with E-state index in [-0.39, 0.29) is 57.5 Å². The molecule has 0 fully saturated rings. The topological polar surface area (TPSA) is 134 Å². The second kappa shape index (κ2) is 19.3. The number of aromatic carboxylic acids is 2. The van der Waals surface area contributed by atoms with Gasteiger partial charge in [-0.2, -0.15) is 0 Å². The Hall–Kier alpha value is -5.14. The Morgan fingerprint density at radius 2 is 0.618 bits per heavy atom. The van der Waals surface area contributed by atoms with Gasteiger partial charge in [0.15, 0.2) is 0 Å². The molecular weight excluding hydrogens is 929 g/mol. The van der Waals surface area contributed by atoms with Crippen molar-refractivity contribution < 1.29 is 39.5 Å². The molecule has 0 spiro atoms. The Balaban J connectivity index is 1.52. The molecule has 7 rings (SSSR count). The number of carboxylic acids is 2. The summed E-state index contributed by atoms with van der Waals surface area (Å²) in [5.74, 6) is -0.666. The summed E-state index contributed by atoms with van der Waals surface area (Å²) in [5.41, 5.74) is 4.80. The highest BCUT2D eigenvalue weighted by molar-refractivity contribution is 8.01. The van der Waals surface area contributed by atoms with Gasteiger partial charge >= 0.3 is 11.9 Å². The van der Waals surface area contributed by atoms with E-state index in [1.54, 1.807) is 48.5 Å². The fourth-order valence-corrected chi connectivity index (χ4v) is 11.8. The summed E-state index contributed by atoms with van der Waals surface area (Å²) in [7, 11) is 0. The summed E-state index contributed by atoms with van der Waals surface area (Å²) >= 11 is 5.69. The summed E-state index contributed by atoms with van der Waals surface area (Å²) in [6.45, 7) is 26.1. The van der Waals surface area contributed by atoms with Crippen LogP contribution in [0.4, 0.5) is 0 Å². The first-order valence-corrected chi connectivity index (χ1v) is 25.7. The summed E-state index contributed by atoms with van der Waals surface area (Å²) in [6, 6.07) is 30.0. The highest BCUT2D eigenvalue weighted by atomic mass is 32.2. The van der Waals surface area contributed by atoms with E-state index < -0.39 is 11.9 Å². The number of carboxylic acid groups (broad SMARTS) is 2. The average Bonchev–Trinajstić information content (AvgIpc) is 3.24. The van der Waals surface area contributed by atoms with E-state index in [9.17, 15) is 30.0 Å². The van der Waals surface area contributed by atoms with Crippen LogP contribution in [0.2, 0.25) is 0 Å². The number of rotatable bonds is 8. The SMILES string of the molecule is CC(C)(C)c1cc2c(O)c(c1)Sc1cc(C(C)(C)C)cc(c1OCc1ccc(C(=O)O)cc1)Sc1cc(C(C)(C)C)cc(c1O)Sc1cc(C(C)(C)C)cc(c1OCc1ccc(C(=O)O)cc1)S2. The van der Waals surface area contributed by atoms with Crippen molar-refractivity contribution in [2.24, 2.45) is 0 Å². The first-order chi connectivity index (χ1) is 31.6. The molecule has 6 aromatic rings. The standard InChI is InChI=1S/C56H60O8S4/c1-53(2,3)35-21-39-47(57)40(22-35)66-44-26-38(56(10,11)12)28-46(50(44)64-30-32-15-19-34(20-16-32)52(61)62)68-42-24-36(54(4,5)6)23-41(48(42)58)67-45-27-37(55(7,8)9)25-43(65-39)49(45)63-29-31-13-17-33(18-14-31)51(59)60/h13-28,57-58H,29-30H2,1-12H3,(H,59,60)(H,61,62). The van der Waals surface area contributed by atoms with Crippen LogP contribution in [0, 0.1) is 0 Å². The first kappa shape index (κ1) is 50.7. The summed E-state index contributed by atoms with van der Waals surface area (Å²) in [6.07, 6.45) is 0. The fourth-order valence-electron chi connectivity index (χ4n) is 7.22. The second-order valence-electron chi connectivity index (χ2n) is 21.2. The molecule has 6 aromatic carbocycles. The lowest BCUT2D eigenvalue weighted by Crippen LogP contribution is -2.13. The Morgan fingerprint density at radius 1 is 0.397 bits per heavy atom. The number of benzene rings is 6. The van der Waals surface area contributed by atoms with Gasteiger partial charge in [0.2, 0.25) is 0 Å². The van der Waals surface area contributed by atoms with Crippen LogP contribution in [0.15, 0.2) is 136 Å². The lowest BCUT2D eigenvalue weighted by atomic mass is 9.87. The zero-order chi connectivity index (χ0) is 49.7. The molecule has 356 valence electrons. The molecule has 8 nitrogen and oxygen atoms in total. The highest BCUT2D eigenvalue weighted by Gasteiger charge is 2.30. The van der Waals surface area contributed by atoms with E-state index in [4.69, 9.17) is 9.47 Å². The second-order valence-corrected chi connectivity index (χ2v) is 25.6. The Morgan fingerprint density at radius 3 is 0.824 bits per heavy atom. The zero-order valence-corrected chi connectivity index (χ0v) is 44.0. The van der Waals surface area contributed by atoms with Gasteiger partial charge in [-0.1, -0.05) is 154 Å². The van der Waals surface area contributed by atoms with Crippen molar-refractivity contribution in [2.75, 3.05) is 0 Å². The molecule has 0 radical (unpaired) electrons. The van der Waals surface area contributed by atoms with Crippen molar-refractivity contribution in [1.29, 1.82) is 0 Å². The Kier molecular flexibility index (Phi) is 14.4. The van der Waals surface area contributed by atoms with Crippen LogP contribution >= 0.6 is 47.0 Å². The third-order valence-corrected chi connectivity index (χ3v) is 15.9. The molecule has 12 heteroatoms. The van der Waals surface area contributed by atoms with E-state index >= 15 is 0 Å². The van der Waals surface area contributed by atoms with Gasteiger partial charge in [-0.3, -0.25) is 0 Å². The van der Waals surface area contributed by atoms with Crippen molar-refractivity contribution in [3.8, 4) is 23.0 Å². The molecule has 0 unspecified atom stereocenters. The molecule has 1 aliphatic heterocycles. The normalized spacial score (nSPS) is 13.2. The number of aromatic hydroxyl groups is 2. The number of carbonyl (C=O) groups is 2. The van der Waals surface area contributed by atoms with E-state index in [1.807, 2.05) is 24.3 Å². The third kappa shape index (κ3) is 11.6. The molecule has 0 saturated carbocycles. The van der Waals surface area contributed by atoms with E-state index in [1.165, 1.54) is 47.0 Å². The first-order valence-electron chi connectivity index (χ1n) is 22.4. The van der Waals surface area contributed by atoms with E-state index in [0.717, 1.165) is 53.0 Å². The van der Waals surface area contributed by atoms with Crippen LogP contribution in [0.25, 0.3) is 0 Å². The number of phenols is 2. The van der Waals surface area contributed by atoms with Gasteiger partial charge in [-0.15, -0.1) is 0 Å². The van der Waals surface area contributed by atoms with Gasteiger partial charge in [0, 0.05) is 0 Å². The Labute approximate surface area is 417 Å². The minimum atomic E-state index is -1.01. The fraction of sp³-hybridized carbons (Fsp3) is 0.321. The summed E-state index contributed by atoms with van der Waals surface area (Å²) < 4.78 is 13.7. The molecule has 1 aliphatic rings. The number of phenolic OH excluding ortho intramolecular Hbond substituents is 2. The maximum Gasteiger partial charge on any atom is 0.335 e. The van der Waals surface area contributed by atoms with Crippen molar-refractivity contribution in [3.63, 3.8) is 0 Å². The monoisotopic (exact) mass is 988 g/mol. The number of hydrogen-bond acceptors (Lipinski definition) is 10. The van der Waals surface area contributed by atoms with E-state index in [2.05, 4.69) is 107 Å². The van der Waals surface area contributed by atoms with Crippen LogP contribution in [0.1, 0.15) is 137 Å². The largest absolute Gasteiger partial charge is 0.506 e. The van der Waals surface area contributed by atoms with Crippen LogP contribution in [-0.2, 0) is 34.9 Å². The molecule has 0 atom stereocenters. The van der Waals surface area contributed by atoms with Gasteiger partial charge in [0.05, 0.1) is 50.3 Å². The lowest BCUT2D eigenvalue weighted by molar-refractivity contribution is 0.0686. The predicted molar refractivity (Wildman–Crippen MR) is 276 cm³/mol. The third-order valence-electron chi connectivity index (χ3n) is 11.6. The number of ether oxygens (including phenoxy) is 2. The van der Waals surface area contributed by atoms with Crippen molar-refractivity contribution >= 4 is 59.0 Å². The van der Waals surface area contributed by atoms with Gasteiger partial charge in [-0.05, 0) is 128 Å².